The maximum Gasteiger partial charge on any atom is 0.418 e. The van der Waals surface area contributed by atoms with Crippen molar-refractivity contribution in [1.29, 1.82) is 0 Å². The smallest absolute Gasteiger partial charge is 0.418 e. The Hall–Kier alpha value is -5.72. The Balaban J connectivity index is 0.000000241. The van der Waals surface area contributed by atoms with Gasteiger partial charge in [0.25, 0.3) is 27.3 Å². The molecule has 0 aliphatic rings. The second kappa shape index (κ2) is 14.4. The number of nitrogens with zero attached hydrogens (tertiary/aromatic N) is 6. The van der Waals surface area contributed by atoms with E-state index in [0.29, 0.717) is 24.5 Å². The summed E-state index contributed by atoms with van der Waals surface area (Å²) in [5.74, 6) is -2.17. The van der Waals surface area contributed by atoms with Gasteiger partial charge in [-0.25, -0.2) is 26.5 Å². The molecule has 2 N–H and O–H groups in total. The molecule has 286 valence electrons. The number of fused-ring (bicyclic) bond motifs is 1. The fourth-order valence-corrected chi connectivity index (χ4v) is 6.79. The SMILES string of the molecule is COc1cc(OC)n2nc(NS(=O)(=O)c3c(C(F)(F)F)ccnc3OC)nc2n1.Cc1[nH]n(C)c(=O)c1C(=O)c1ccc(C(F)(F)F)cc1S(C)(=O)=O. The van der Waals surface area contributed by atoms with Gasteiger partial charge in [0.1, 0.15) is 5.56 Å². The Morgan fingerprint density at radius 1 is 0.925 bits per heavy atom. The highest BCUT2D eigenvalue weighted by atomic mass is 32.2. The lowest BCUT2D eigenvalue weighted by Gasteiger charge is -2.15. The van der Waals surface area contributed by atoms with Crippen molar-refractivity contribution in [2.45, 2.75) is 29.1 Å². The number of anilines is 1. The summed E-state index contributed by atoms with van der Waals surface area (Å²) in [5, 5.41) is 6.42. The van der Waals surface area contributed by atoms with Crippen LogP contribution in [0.1, 0.15) is 32.7 Å². The third-order valence-electron chi connectivity index (χ3n) is 6.95. The summed E-state index contributed by atoms with van der Waals surface area (Å²) in [7, 11) is -3.97. The molecule has 0 aliphatic heterocycles. The van der Waals surface area contributed by atoms with E-state index in [9.17, 15) is 52.8 Å². The van der Waals surface area contributed by atoms with Gasteiger partial charge in [-0.1, -0.05) is 0 Å². The number of benzene rings is 1. The van der Waals surface area contributed by atoms with Crippen molar-refractivity contribution in [2.75, 3.05) is 32.3 Å². The van der Waals surface area contributed by atoms with Crippen LogP contribution in [-0.4, -0.2) is 84.6 Å². The van der Waals surface area contributed by atoms with E-state index in [1.54, 1.807) is 0 Å². The number of aryl methyl sites for hydroxylation is 2. The highest BCUT2D eigenvalue weighted by Gasteiger charge is 2.40. The lowest BCUT2D eigenvalue weighted by Crippen LogP contribution is -2.21. The highest BCUT2D eigenvalue weighted by Crippen LogP contribution is 2.38. The van der Waals surface area contributed by atoms with Crippen molar-refractivity contribution in [3.63, 3.8) is 0 Å². The zero-order valence-electron chi connectivity index (χ0n) is 27.9. The lowest BCUT2D eigenvalue weighted by atomic mass is 10.0. The predicted molar refractivity (Wildman–Crippen MR) is 169 cm³/mol. The molecule has 5 aromatic rings. The number of hydrogen-bond donors (Lipinski definition) is 2. The summed E-state index contributed by atoms with van der Waals surface area (Å²) in [4.78, 5) is 33.9. The molecular formula is C28H26F6N8O9S2. The van der Waals surface area contributed by atoms with Gasteiger partial charge in [0.15, 0.2) is 14.7 Å². The number of alkyl halides is 6. The third-order valence-corrected chi connectivity index (χ3v) is 9.47. The van der Waals surface area contributed by atoms with Crippen LogP contribution in [-0.2, 0) is 39.3 Å². The number of sulfone groups is 1. The predicted octanol–water partition coefficient (Wildman–Crippen LogP) is 3.04. The number of halogens is 6. The first kappa shape index (κ1) is 40.1. The molecule has 0 fully saturated rings. The topological polar surface area (TPSA) is 219 Å². The van der Waals surface area contributed by atoms with Crippen LogP contribution >= 0.6 is 0 Å². The number of hydrogen-bond acceptors (Lipinski definition) is 13. The minimum absolute atomic E-state index is 0.0970. The molecule has 4 aromatic heterocycles. The number of ether oxygens (including phenoxy) is 3. The maximum atomic E-state index is 13.3. The van der Waals surface area contributed by atoms with Crippen LogP contribution in [0.3, 0.4) is 0 Å². The Bertz CT molecular complexity index is 2490. The van der Waals surface area contributed by atoms with E-state index in [4.69, 9.17) is 14.2 Å². The molecule has 17 nitrogen and oxygen atoms in total. The van der Waals surface area contributed by atoms with Crippen LogP contribution in [0.4, 0.5) is 32.3 Å². The molecule has 53 heavy (non-hydrogen) atoms. The molecule has 5 rings (SSSR count). The van der Waals surface area contributed by atoms with Gasteiger partial charge in [-0.15, -0.1) is 5.10 Å². The van der Waals surface area contributed by atoms with Gasteiger partial charge in [-0.3, -0.25) is 19.4 Å². The van der Waals surface area contributed by atoms with Gasteiger partial charge in [0.2, 0.25) is 23.4 Å². The summed E-state index contributed by atoms with van der Waals surface area (Å²) < 4.78 is 146. The Morgan fingerprint density at radius 2 is 1.58 bits per heavy atom. The van der Waals surface area contributed by atoms with E-state index >= 15 is 0 Å². The second-order valence-electron chi connectivity index (χ2n) is 10.6. The van der Waals surface area contributed by atoms with Gasteiger partial charge in [0.05, 0.1) is 43.4 Å². The monoisotopic (exact) mass is 796 g/mol. The van der Waals surface area contributed by atoms with Gasteiger partial charge in [-0.05, 0) is 31.2 Å². The van der Waals surface area contributed by atoms with Crippen molar-refractivity contribution in [2.24, 2.45) is 7.05 Å². The van der Waals surface area contributed by atoms with Crippen LogP contribution < -0.4 is 24.5 Å². The summed E-state index contributed by atoms with van der Waals surface area (Å²) in [5.41, 5.74) is -3.97. The van der Waals surface area contributed by atoms with Crippen LogP contribution in [0.2, 0.25) is 0 Å². The molecule has 0 amide bonds. The molecule has 4 heterocycles. The average Bonchev–Trinajstić information content (AvgIpc) is 3.59. The standard InChI is InChI=1S/C14H13F3N6O5S.C14H13F3N2O4S/c1-26-8-6-9(27-2)23-13(19-8)20-12(21-23)22-29(24,25)10-7(14(15,16)17)4-5-18-11(10)28-3;1-7-11(13(21)19(2)18-7)12(20)9-5-4-8(14(15,16)17)6-10(9)24(3,22)23/h4-6H,1-3H3,(H,21,22);4-6,18H,1-3H3. The number of rotatable bonds is 9. The third kappa shape index (κ3) is 8.34. The number of carbonyl (C=O) groups is 1. The Labute approximate surface area is 294 Å². The molecule has 0 saturated carbocycles. The van der Waals surface area contributed by atoms with Gasteiger partial charge in [0, 0.05) is 30.8 Å². The second-order valence-corrected chi connectivity index (χ2v) is 14.2. The first-order valence-corrected chi connectivity index (χ1v) is 17.5. The fraction of sp³-hybridized carbons (Fsp3) is 0.286. The molecular weight excluding hydrogens is 770 g/mol. The summed E-state index contributed by atoms with van der Waals surface area (Å²) in [6, 6.07) is 3.65. The van der Waals surface area contributed by atoms with Crippen LogP contribution in [0.25, 0.3) is 5.78 Å². The zero-order valence-corrected chi connectivity index (χ0v) is 29.5. The molecule has 1 aromatic carbocycles. The minimum Gasteiger partial charge on any atom is -0.481 e. The van der Waals surface area contributed by atoms with Crippen LogP contribution in [0.5, 0.6) is 17.6 Å². The maximum absolute atomic E-state index is 13.3. The van der Waals surface area contributed by atoms with Crippen LogP contribution in [0.15, 0.2) is 51.1 Å². The molecule has 0 atom stereocenters. The highest BCUT2D eigenvalue weighted by molar-refractivity contribution is 7.92. The van der Waals surface area contributed by atoms with E-state index < -0.39 is 81.9 Å². The number of pyridine rings is 1. The van der Waals surface area contributed by atoms with Gasteiger partial charge >= 0.3 is 12.4 Å². The summed E-state index contributed by atoms with van der Waals surface area (Å²) in [6.07, 6.45) is -8.27. The zero-order chi connectivity index (χ0) is 39.8. The molecule has 0 spiro atoms. The van der Waals surface area contributed by atoms with Crippen molar-refractivity contribution in [3.05, 3.63) is 74.8 Å². The largest absolute Gasteiger partial charge is 0.481 e. The lowest BCUT2D eigenvalue weighted by molar-refractivity contribution is -0.140. The minimum atomic E-state index is -4.98. The Kier molecular flexibility index (Phi) is 10.9. The number of H-pyrrole nitrogens is 1. The Morgan fingerprint density at radius 3 is 2.09 bits per heavy atom. The van der Waals surface area contributed by atoms with Gasteiger partial charge in [-0.2, -0.15) is 40.8 Å². The normalized spacial score (nSPS) is 12.2. The fourth-order valence-electron chi connectivity index (χ4n) is 4.62. The quantitative estimate of drug-likeness (QED) is 0.162. The number of methoxy groups -OCH3 is 3. The number of carbonyl (C=O) groups excluding carboxylic acids is 1. The van der Waals surface area contributed by atoms with Gasteiger partial charge < -0.3 is 14.2 Å². The van der Waals surface area contributed by atoms with E-state index in [2.05, 4.69) is 25.1 Å². The first-order chi connectivity index (χ1) is 24.4. The average molecular weight is 797 g/mol. The summed E-state index contributed by atoms with van der Waals surface area (Å²) >= 11 is 0. The number of ketones is 1. The van der Waals surface area contributed by atoms with Crippen molar-refractivity contribution in [1.82, 2.24) is 34.3 Å². The van der Waals surface area contributed by atoms with Crippen molar-refractivity contribution in [3.8, 4) is 17.6 Å². The number of aromatic nitrogens is 7. The van der Waals surface area contributed by atoms with E-state index in [1.807, 2.05) is 4.72 Å². The first-order valence-electron chi connectivity index (χ1n) is 14.1. The molecule has 0 unspecified atom stereocenters. The number of aromatic amines is 1. The molecule has 0 bridgehead atoms. The number of nitrogens with one attached hydrogen (secondary N) is 2. The summed E-state index contributed by atoms with van der Waals surface area (Å²) in [6.45, 7) is 1.43. The molecule has 0 saturated heterocycles. The van der Waals surface area contributed by atoms with Crippen molar-refractivity contribution >= 4 is 37.4 Å². The van der Waals surface area contributed by atoms with Crippen molar-refractivity contribution < 1.29 is 62.2 Å². The van der Waals surface area contributed by atoms with E-state index in [-0.39, 0.29) is 28.8 Å². The number of sulfonamides is 1. The van der Waals surface area contributed by atoms with E-state index in [1.165, 1.54) is 34.3 Å². The van der Waals surface area contributed by atoms with Crippen LogP contribution in [0, 0.1) is 6.92 Å². The van der Waals surface area contributed by atoms with E-state index in [0.717, 1.165) is 28.6 Å². The molecule has 0 radical (unpaired) electrons. The molecule has 0 aliphatic carbocycles. The molecule has 25 heteroatoms.